The van der Waals surface area contributed by atoms with Crippen LogP contribution in [0.2, 0.25) is 0 Å². The summed E-state index contributed by atoms with van der Waals surface area (Å²) in [6.07, 6.45) is 0.465. The lowest BCUT2D eigenvalue weighted by Crippen LogP contribution is -2.18. The number of hydrogen-bond acceptors (Lipinski definition) is 6. The van der Waals surface area contributed by atoms with Crippen LogP contribution in [0.15, 0.2) is 28.0 Å². The van der Waals surface area contributed by atoms with Crippen molar-refractivity contribution in [3.05, 3.63) is 41.5 Å². The second-order valence-corrected chi connectivity index (χ2v) is 8.81. The molecule has 0 fully saturated rings. The standard InChI is InChI=1S/C14H11F4NO6S2/c1-25-8-4-3-6(5-7(8)20)27(23,24)14-11(17)9(15)13(10(16)12(14)18)19-26(2,21)22/h3-5,19-20H,1-2H3. The zero-order valence-corrected chi connectivity index (χ0v) is 15.2. The fraction of sp³-hybridized carbons (Fsp3) is 0.143. The van der Waals surface area contributed by atoms with Crippen molar-refractivity contribution in [1.82, 2.24) is 0 Å². The van der Waals surface area contributed by atoms with E-state index in [2.05, 4.69) is 4.74 Å². The van der Waals surface area contributed by atoms with Crippen molar-refractivity contribution in [2.45, 2.75) is 9.79 Å². The number of ether oxygens (including phenoxy) is 1. The van der Waals surface area contributed by atoms with Gasteiger partial charge in [-0.15, -0.1) is 0 Å². The fourth-order valence-corrected chi connectivity index (χ4v) is 4.03. The Morgan fingerprint density at radius 3 is 1.89 bits per heavy atom. The molecule has 0 bridgehead atoms. The van der Waals surface area contributed by atoms with Gasteiger partial charge in [-0.1, -0.05) is 0 Å². The van der Waals surface area contributed by atoms with Gasteiger partial charge in [0.25, 0.3) is 0 Å². The summed E-state index contributed by atoms with van der Waals surface area (Å²) in [5.74, 6) is -10.1. The molecule has 0 saturated carbocycles. The average molecular weight is 429 g/mol. The summed E-state index contributed by atoms with van der Waals surface area (Å²) >= 11 is 0. The molecule has 0 atom stereocenters. The summed E-state index contributed by atoms with van der Waals surface area (Å²) < 4.78 is 109. The van der Waals surface area contributed by atoms with Crippen LogP contribution in [0.25, 0.3) is 0 Å². The topological polar surface area (TPSA) is 110 Å². The molecule has 7 nitrogen and oxygen atoms in total. The molecule has 0 aliphatic rings. The van der Waals surface area contributed by atoms with Crippen LogP contribution in [0.5, 0.6) is 11.5 Å². The lowest BCUT2D eigenvalue weighted by molar-refractivity contribution is 0.372. The Morgan fingerprint density at radius 1 is 0.963 bits per heavy atom. The predicted octanol–water partition coefficient (Wildman–Crippen LogP) is 2.16. The second kappa shape index (κ2) is 6.88. The van der Waals surface area contributed by atoms with Crippen molar-refractivity contribution in [2.24, 2.45) is 0 Å². The molecular formula is C14H11F4NO6S2. The number of halogens is 4. The zero-order valence-electron chi connectivity index (χ0n) is 13.5. The van der Waals surface area contributed by atoms with E-state index in [1.165, 1.54) is 4.72 Å². The number of rotatable bonds is 5. The number of phenolic OH excluding ortho intramolecular Hbond substituents is 1. The molecule has 13 heteroatoms. The molecule has 2 aromatic carbocycles. The van der Waals surface area contributed by atoms with Crippen LogP contribution in [-0.2, 0) is 19.9 Å². The van der Waals surface area contributed by atoms with Gasteiger partial charge in [0.15, 0.2) is 34.8 Å². The van der Waals surface area contributed by atoms with Gasteiger partial charge >= 0.3 is 0 Å². The van der Waals surface area contributed by atoms with E-state index in [9.17, 15) is 39.5 Å². The van der Waals surface area contributed by atoms with Gasteiger partial charge in [0.05, 0.1) is 18.3 Å². The third kappa shape index (κ3) is 3.78. The highest BCUT2D eigenvalue weighted by molar-refractivity contribution is 7.92. The van der Waals surface area contributed by atoms with E-state index in [4.69, 9.17) is 0 Å². The molecule has 2 rings (SSSR count). The number of aromatic hydroxyl groups is 1. The van der Waals surface area contributed by atoms with Crippen LogP contribution >= 0.6 is 0 Å². The highest BCUT2D eigenvalue weighted by Crippen LogP contribution is 2.36. The molecule has 0 aliphatic heterocycles. The van der Waals surface area contributed by atoms with Crippen molar-refractivity contribution >= 4 is 25.5 Å². The minimum absolute atomic E-state index is 0.167. The smallest absolute Gasteiger partial charge is 0.230 e. The van der Waals surface area contributed by atoms with Crippen LogP contribution in [-0.4, -0.2) is 35.3 Å². The summed E-state index contributed by atoms with van der Waals surface area (Å²) in [7, 11) is -8.35. The molecule has 0 aromatic heterocycles. The van der Waals surface area contributed by atoms with E-state index in [1.807, 2.05) is 0 Å². The Hall–Kier alpha value is -2.54. The normalized spacial score (nSPS) is 12.1. The van der Waals surface area contributed by atoms with Crippen molar-refractivity contribution in [3.63, 3.8) is 0 Å². The maximum atomic E-state index is 14.2. The number of phenols is 1. The highest BCUT2D eigenvalue weighted by atomic mass is 32.2. The Kier molecular flexibility index (Phi) is 5.30. The molecule has 0 saturated heterocycles. The van der Waals surface area contributed by atoms with Crippen molar-refractivity contribution in [3.8, 4) is 11.5 Å². The largest absolute Gasteiger partial charge is 0.504 e. The Morgan fingerprint density at radius 2 is 1.48 bits per heavy atom. The lowest BCUT2D eigenvalue weighted by atomic mass is 10.2. The van der Waals surface area contributed by atoms with Gasteiger partial charge in [0, 0.05) is 6.07 Å². The molecule has 27 heavy (non-hydrogen) atoms. The molecule has 0 aliphatic carbocycles. The first-order valence-electron chi connectivity index (χ1n) is 6.77. The molecule has 0 radical (unpaired) electrons. The van der Waals surface area contributed by atoms with E-state index in [-0.39, 0.29) is 5.75 Å². The molecule has 0 spiro atoms. The summed E-state index contributed by atoms with van der Waals surface area (Å²) in [5, 5.41) is 9.62. The van der Waals surface area contributed by atoms with Gasteiger partial charge < -0.3 is 9.84 Å². The van der Waals surface area contributed by atoms with E-state index < -0.39 is 64.4 Å². The van der Waals surface area contributed by atoms with Crippen LogP contribution in [0.1, 0.15) is 0 Å². The summed E-state index contributed by atoms with van der Waals surface area (Å²) in [6, 6.07) is 2.29. The zero-order chi connectivity index (χ0) is 20.7. The minimum Gasteiger partial charge on any atom is -0.504 e. The minimum atomic E-state index is -5.18. The Bertz CT molecular complexity index is 1100. The number of hydrogen-bond donors (Lipinski definition) is 2. The number of sulfonamides is 1. The summed E-state index contributed by atoms with van der Waals surface area (Å²) in [6.45, 7) is 0. The van der Waals surface area contributed by atoms with Gasteiger partial charge in [0.1, 0.15) is 10.6 Å². The van der Waals surface area contributed by atoms with Crippen LogP contribution in [0.4, 0.5) is 23.2 Å². The van der Waals surface area contributed by atoms with E-state index in [0.29, 0.717) is 12.3 Å². The van der Waals surface area contributed by atoms with Gasteiger partial charge in [0.2, 0.25) is 19.9 Å². The summed E-state index contributed by atoms with van der Waals surface area (Å²) in [5.41, 5.74) is -1.70. The first-order valence-corrected chi connectivity index (χ1v) is 10.1. The fourth-order valence-electron chi connectivity index (χ4n) is 2.08. The quantitative estimate of drug-likeness (QED) is 0.557. The van der Waals surface area contributed by atoms with Crippen LogP contribution < -0.4 is 9.46 Å². The molecular weight excluding hydrogens is 418 g/mol. The van der Waals surface area contributed by atoms with E-state index >= 15 is 0 Å². The monoisotopic (exact) mass is 429 g/mol. The number of nitrogens with one attached hydrogen (secondary N) is 1. The van der Waals surface area contributed by atoms with E-state index in [1.54, 1.807) is 0 Å². The predicted molar refractivity (Wildman–Crippen MR) is 84.9 cm³/mol. The third-order valence-electron chi connectivity index (χ3n) is 3.24. The highest BCUT2D eigenvalue weighted by Gasteiger charge is 2.35. The number of anilines is 1. The SMILES string of the molecule is COc1ccc(S(=O)(=O)c2c(F)c(F)c(NS(C)(=O)=O)c(F)c2F)cc1O. The number of sulfone groups is 1. The number of benzene rings is 2. The van der Waals surface area contributed by atoms with Gasteiger partial charge in [-0.05, 0) is 12.1 Å². The Balaban J connectivity index is 2.77. The first-order chi connectivity index (χ1) is 12.3. The van der Waals surface area contributed by atoms with Crippen molar-refractivity contribution in [1.29, 1.82) is 0 Å². The first kappa shape index (κ1) is 20.8. The van der Waals surface area contributed by atoms with Gasteiger partial charge in [-0.25, -0.2) is 34.4 Å². The molecule has 0 amide bonds. The van der Waals surface area contributed by atoms with E-state index in [0.717, 1.165) is 19.2 Å². The second-order valence-electron chi connectivity index (χ2n) is 5.17. The van der Waals surface area contributed by atoms with Crippen LogP contribution in [0, 0.1) is 23.3 Å². The van der Waals surface area contributed by atoms with Crippen LogP contribution in [0.3, 0.4) is 0 Å². The molecule has 2 aromatic rings. The van der Waals surface area contributed by atoms with Gasteiger partial charge in [-0.2, -0.15) is 0 Å². The maximum Gasteiger partial charge on any atom is 0.230 e. The Labute approximate surface area is 151 Å². The van der Waals surface area contributed by atoms with Crippen molar-refractivity contribution in [2.75, 3.05) is 18.1 Å². The molecule has 2 N–H and O–H groups in total. The van der Waals surface area contributed by atoms with Gasteiger partial charge in [-0.3, -0.25) is 4.72 Å². The van der Waals surface area contributed by atoms with Crippen molar-refractivity contribution < 1.29 is 44.2 Å². The number of methoxy groups -OCH3 is 1. The molecule has 148 valence electrons. The summed E-state index contributed by atoms with van der Waals surface area (Å²) in [4.78, 5) is -2.87. The third-order valence-corrected chi connectivity index (χ3v) is 5.59. The lowest BCUT2D eigenvalue weighted by Gasteiger charge is -2.13. The maximum absolute atomic E-state index is 14.2. The molecule has 0 unspecified atom stereocenters. The average Bonchev–Trinajstić information content (AvgIpc) is 2.56. The molecule has 0 heterocycles.